The molecule has 0 spiro atoms. The maximum absolute atomic E-state index is 13.0. The highest BCUT2D eigenvalue weighted by Gasteiger charge is 2.37. The number of hydrogen-bond acceptors (Lipinski definition) is 3. The topological polar surface area (TPSA) is 43.4 Å². The molecule has 3 rings (SSSR count). The van der Waals surface area contributed by atoms with E-state index < -0.39 is 5.41 Å². The third kappa shape index (κ3) is 6.39. The fourth-order valence-corrected chi connectivity index (χ4v) is 3.78. The molecule has 0 fully saturated rings. The third-order valence-corrected chi connectivity index (χ3v) is 5.32. The van der Waals surface area contributed by atoms with E-state index in [0.717, 1.165) is 22.3 Å². The van der Waals surface area contributed by atoms with Crippen molar-refractivity contribution in [2.24, 2.45) is 5.41 Å². The van der Waals surface area contributed by atoms with Crippen LogP contribution in [0.25, 0.3) is 11.1 Å². The maximum atomic E-state index is 13.0. The minimum Gasteiger partial charge on any atom is -0.463 e. The van der Waals surface area contributed by atoms with Crippen molar-refractivity contribution >= 4 is 11.8 Å². The number of hydrogen-bond donors (Lipinski definition) is 0. The predicted octanol–water partition coefficient (Wildman–Crippen LogP) is 6.06. The first-order valence-corrected chi connectivity index (χ1v) is 10.8. The van der Waals surface area contributed by atoms with Gasteiger partial charge in [0.2, 0.25) is 0 Å². The number of ketones is 1. The van der Waals surface area contributed by atoms with E-state index in [0.29, 0.717) is 12.8 Å². The van der Waals surface area contributed by atoms with Gasteiger partial charge in [0, 0.05) is 12.8 Å². The summed E-state index contributed by atoms with van der Waals surface area (Å²) in [6.07, 6.45) is 0.698. The van der Waals surface area contributed by atoms with Gasteiger partial charge in [0.1, 0.15) is 5.78 Å². The molecule has 0 bridgehead atoms. The summed E-state index contributed by atoms with van der Waals surface area (Å²) in [6.45, 7) is 5.50. The van der Waals surface area contributed by atoms with Gasteiger partial charge >= 0.3 is 5.97 Å². The fraction of sp³-hybridized carbons (Fsp3) is 0.286. The molecule has 0 radical (unpaired) electrons. The Morgan fingerprint density at radius 3 is 1.90 bits per heavy atom. The van der Waals surface area contributed by atoms with Gasteiger partial charge < -0.3 is 4.74 Å². The molecule has 1 unspecified atom stereocenters. The average Bonchev–Trinajstić information content (AvgIpc) is 2.75. The van der Waals surface area contributed by atoms with E-state index >= 15 is 0 Å². The van der Waals surface area contributed by atoms with Crippen molar-refractivity contribution in [3.05, 3.63) is 96.1 Å². The zero-order chi connectivity index (χ0) is 22.3. The molecule has 3 aromatic rings. The molecule has 0 amide bonds. The number of rotatable bonds is 9. The number of Topliss-reactive ketones (excluding diaryl/α,β-unsaturated/α-hetero) is 1. The van der Waals surface area contributed by atoms with Crippen LogP contribution >= 0.6 is 0 Å². The molecule has 0 heterocycles. The lowest BCUT2D eigenvalue weighted by atomic mass is 9.78. The summed E-state index contributed by atoms with van der Waals surface area (Å²) in [5, 5.41) is 0. The predicted molar refractivity (Wildman–Crippen MR) is 125 cm³/mol. The van der Waals surface area contributed by atoms with Crippen LogP contribution in [0.5, 0.6) is 0 Å². The molecule has 0 aliphatic heterocycles. The molecule has 0 saturated heterocycles. The summed E-state index contributed by atoms with van der Waals surface area (Å²) in [6, 6.07) is 28.0. The van der Waals surface area contributed by atoms with Crippen LogP contribution in [0.15, 0.2) is 84.9 Å². The van der Waals surface area contributed by atoms with Crippen LogP contribution in [0, 0.1) is 5.41 Å². The number of carbonyl (C=O) groups is 2. The Kier molecular flexibility index (Phi) is 7.41. The first kappa shape index (κ1) is 22.5. The normalized spacial score (nSPS) is 12.9. The van der Waals surface area contributed by atoms with E-state index in [1.54, 1.807) is 0 Å². The Bertz CT molecular complexity index is 991. The van der Waals surface area contributed by atoms with E-state index in [1.807, 2.05) is 93.6 Å². The molecular formula is C28H30O3. The van der Waals surface area contributed by atoms with E-state index in [9.17, 15) is 9.59 Å². The Labute approximate surface area is 185 Å². The number of benzene rings is 3. The fourth-order valence-electron chi connectivity index (χ4n) is 3.78. The lowest BCUT2D eigenvalue weighted by molar-refractivity contribution is -0.160. The van der Waals surface area contributed by atoms with Crippen LogP contribution in [0.1, 0.15) is 38.3 Å². The minimum atomic E-state index is -0.896. The van der Waals surface area contributed by atoms with Gasteiger partial charge in [0.25, 0.3) is 0 Å². The molecule has 1 atom stereocenters. The van der Waals surface area contributed by atoms with Crippen LogP contribution in [0.3, 0.4) is 0 Å². The molecule has 0 aliphatic rings. The largest absolute Gasteiger partial charge is 0.463 e. The van der Waals surface area contributed by atoms with E-state index in [4.69, 9.17) is 4.74 Å². The zero-order valence-electron chi connectivity index (χ0n) is 18.5. The van der Waals surface area contributed by atoms with Crippen molar-refractivity contribution in [2.45, 2.75) is 46.1 Å². The number of ether oxygens (including phenoxy) is 1. The lowest BCUT2D eigenvalue weighted by Crippen LogP contribution is -2.36. The summed E-state index contributed by atoms with van der Waals surface area (Å²) in [5.74, 6) is -0.286. The van der Waals surface area contributed by atoms with Crippen LogP contribution in [0.2, 0.25) is 0 Å². The molecule has 31 heavy (non-hydrogen) atoms. The van der Waals surface area contributed by atoms with Crippen LogP contribution in [-0.4, -0.2) is 17.9 Å². The SMILES string of the molecule is CC(C)OC(=O)C(C)(CC(=O)Cc1ccc(-c2ccccc2)cc1)Cc1ccccc1. The second-order valence-corrected chi connectivity index (χ2v) is 8.63. The monoisotopic (exact) mass is 414 g/mol. The number of esters is 1. The van der Waals surface area contributed by atoms with Crippen LogP contribution < -0.4 is 0 Å². The van der Waals surface area contributed by atoms with Crippen molar-refractivity contribution in [3.63, 3.8) is 0 Å². The van der Waals surface area contributed by atoms with Gasteiger partial charge in [-0.05, 0) is 49.4 Å². The third-order valence-electron chi connectivity index (χ3n) is 5.32. The van der Waals surface area contributed by atoms with Gasteiger partial charge in [-0.1, -0.05) is 84.9 Å². The molecule has 3 heteroatoms. The van der Waals surface area contributed by atoms with Gasteiger partial charge in [-0.3, -0.25) is 9.59 Å². The summed E-state index contributed by atoms with van der Waals surface area (Å²) >= 11 is 0. The Morgan fingerprint density at radius 2 is 1.32 bits per heavy atom. The molecule has 0 aliphatic carbocycles. The molecule has 0 saturated carbocycles. The lowest BCUT2D eigenvalue weighted by Gasteiger charge is -2.28. The van der Waals surface area contributed by atoms with Crippen molar-refractivity contribution in [3.8, 4) is 11.1 Å². The van der Waals surface area contributed by atoms with Gasteiger partial charge in [0.05, 0.1) is 11.5 Å². The smallest absolute Gasteiger partial charge is 0.312 e. The second kappa shape index (κ2) is 10.2. The van der Waals surface area contributed by atoms with Gasteiger partial charge in [-0.15, -0.1) is 0 Å². The molecule has 0 aromatic heterocycles. The second-order valence-electron chi connectivity index (χ2n) is 8.63. The highest BCUT2D eigenvalue weighted by atomic mass is 16.5. The molecular weight excluding hydrogens is 384 g/mol. The van der Waals surface area contributed by atoms with E-state index in [1.165, 1.54) is 0 Å². The highest BCUT2D eigenvalue weighted by Crippen LogP contribution is 2.30. The molecule has 3 aromatic carbocycles. The first-order chi connectivity index (χ1) is 14.9. The first-order valence-electron chi connectivity index (χ1n) is 10.8. The highest BCUT2D eigenvalue weighted by molar-refractivity contribution is 5.88. The standard InChI is InChI=1S/C28H30O3/c1-21(2)31-27(30)28(3,19-23-10-6-4-7-11-23)20-26(29)18-22-14-16-25(17-15-22)24-12-8-5-9-13-24/h4-17,21H,18-20H2,1-3H3. The molecule has 160 valence electrons. The van der Waals surface area contributed by atoms with Crippen LogP contribution in [0.4, 0.5) is 0 Å². The van der Waals surface area contributed by atoms with Crippen LogP contribution in [-0.2, 0) is 27.2 Å². The zero-order valence-corrected chi connectivity index (χ0v) is 18.5. The summed E-state index contributed by atoms with van der Waals surface area (Å²) in [7, 11) is 0. The summed E-state index contributed by atoms with van der Waals surface area (Å²) < 4.78 is 5.51. The van der Waals surface area contributed by atoms with Gasteiger partial charge in [-0.2, -0.15) is 0 Å². The van der Waals surface area contributed by atoms with Crippen molar-refractivity contribution in [1.29, 1.82) is 0 Å². The Hall–Kier alpha value is -3.20. The minimum absolute atomic E-state index is 0.0339. The molecule has 0 N–H and O–H groups in total. The van der Waals surface area contributed by atoms with Crippen molar-refractivity contribution in [1.82, 2.24) is 0 Å². The number of carbonyl (C=O) groups excluding carboxylic acids is 2. The van der Waals surface area contributed by atoms with Crippen molar-refractivity contribution in [2.75, 3.05) is 0 Å². The van der Waals surface area contributed by atoms with E-state index in [2.05, 4.69) is 12.1 Å². The van der Waals surface area contributed by atoms with E-state index in [-0.39, 0.29) is 24.3 Å². The van der Waals surface area contributed by atoms with Gasteiger partial charge in [-0.25, -0.2) is 0 Å². The Balaban J connectivity index is 1.71. The average molecular weight is 415 g/mol. The Morgan fingerprint density at radius 1 is 0.774 bits per heavy atom. The maximum Gasteiger partial charge on any atom is 0.312 e. The quantitative estimate of drug-likeness (QED) is 0.400. The van der Waals surface area contributed by atoms with Gasteiger partial charge in [0.15, 0.2) is 0 Å². The summed E-state index contributed by atoms with van der Waals surface area (Å²) in [4.78, 5) is 25.9. The van der Waals surface area contributed by atoms with Crippen molar-refractivity contribution < 1.29 is 14.3 Å². The summed E-state index contributed by atoms with van der Waals surface area (Å²) in [5.41, 5.74) is 3.33. The molecule has 3 nitrogen and oxygen atoms in total.